The molecule has 5 bridgehead atoms. The Hall–Kier alpha value is -0.200. The second-order valence-electron chi connectivity index (χ2n) is 10.6. The molecule has 4 N–H and O–H groups in total. The van der Waals surface area contributed by atoms with Gasteiger partial charge in [0.1, 0.15) is 5.60 Å². The largest absolute Gasteiger partial charge is 0.392 e. The highest BCUT2D eigenvalue weighted by Crippen LogP contribution is 2.83. The van der Waals surface area contributed by atoms with Crippen molar-refractivity contribution in [1.82, 2.24) is 0 Å². The molecule has 11 atom stereocenters. The molecule has 0 aromatic heterocycles. The summed E-state index contributed by atoms with van der Waals surface area (Å²) < 4.78 is 6.28. The normalized spacial score (nSPS) is 70.3. The van der Waals surface area contributed by atoms with Crippen LogP contribution in [0.4, 0.5) is 0 Å². The molecule has 1 saturated heterocycles. The van der Waals surface area contributed by atoms with Gasteiger partial charge in [0.2, 0.25) is 0 Å². The molecule has 0 amide bonds. The highest BCUT2D eigenvalue weighted by molar-refractivity contribution is 5.39. The third-order valence-corrected chi connectivity index (χ3v) is 9.72. The van der Waals surface area contributed by atoms with Crippen LogP contribution in [0.3, 0.4) is 0 Å². The van der Waals surface area contributed by atoms with Crippen LogP contribution in [-0.2, 0) is 4.74 Å². The molecule has 1 aliphatic heterocycles. The Labute approximate surface area is 149 Å². The van der Waals surface area contributed by atoms with E-state index in [-0.39, 0.29) is 30.1 Å². The van der Waals surface area contributed by atoms with Crippen molar-refractivity contribution in [2.24, 2.45) is 40.4 Å². The monoisotopic (exact) mass is 352 g/mol. The van der Waals surface area contributed by atoms with Crippen LogP contribution in [0.5, 0.6) is 0 Å². The average molecular weight is 352 g/mol. The van der Waals surface area contributed by atoms with E-state index in [0.29, 0.717) is 6.42 Å². The Bertz CT molecular complexity index is 652. The predicted octanol–water partition coefficient (Wildman–Crippen LogP) is 1.27. The third kappa shape index (κ3) is 1.29. The Morgan fingerprint density at radius 1 is 1.12 bits per heavy atom. The molecule has 25 heavy (non-hydrogen) atoms. The first-order chi connectivity index (χ1) is 11.4. The van der Waals surface area contributed by atoms with Crippen LogP contribution in [0, 0.1) is 40.4 Å². The van der Waals surface area contributed by atoms with Crippen molar-refractivity contribution in [3.8, 4) is 0 Å². The fourth-order valence-electron chi connectivity index (χ4n) is 8.87. The van der Waals surface area contributed by atoms with E-state index in [1.54, 1.807) is 0 Å². The molecular formula is C20H32O5. The van der Waals surface area contributed by atoms with Crippen molar-refractivity contribution < 1.29 is 25.2 Å². The summed E-state index contributed by atoms with van der Waals surface area (Å²) >= 11 is 0. The molecule has 0 aromatic rings. The van der Waals surface area contributed by atoms with Gasteiger partial charge >= 0.3 is 0 Å². The predicted molar refractivity (Wildman–Crippen MR) is 90.3 cm³/mol. The highest BCUT2D eigenvalue weighted by Gasteiger charge is 2.93. The smallest absolute Gasteiger partial charge is 0.175 e. The molecule has 4 saturated carbocycles. The first-order valence-electron chi connectivity index (χ1n) is 9.93. The van der Waals surface area contributed by atoms with Crippen molar-refractivity contribution in [1.29, 1.82) is 0 Å². The second kappa shape index (κ2) is 4.12. The van der Waals surface area contributed by atoms with E-state index in [2.05, 4.69) is 6.92 Å². The Balaban J connectivity index is 1.84. The number of aliphatic hydroxyl groups excluding tert-OH is 1. The molecule has 5 heteroatoms. The van der Waals surface area contributed by atoms with Crippen LogP contribution in [-0.4, -0.2) is 49.6 Å². The number of rotatable bonds is 1. The van der Waals surface area contributed by atoms with Gasteiger partial charge in [0.15, 0.2) is 5.79 Å². The minimum absolute atomic E-state index is 0.0951. The van der Waals surface area contributed by atoms with Crippen LogP contribution < -0.4 is 0 Å². The summed E-state index contributed by atoms with van der Waals surface area (Å²) in [6.07, 6.45) is 0.441. The zero-order chi connectivity index (χ0) is 18.4. The van der Waals surface area contributed by atoms with Crippen LogP contribution >= 0.6 is 0 Å². The van der Waals surface area contributed by atoms with Crippen molar-refractivity contribution >= 4 is 0 Å². The van der Waals surface area contributed by atoms with Gasteiger partial charge in [-0.15, -0.1) is 0 Å². The van der Waals surface area contributed by atoms with E-state index in [1.807, 2.05) is 27.7 Å². The van der Waals surface area contributed by atoms with Crippen molar-refractivity contribution in [2.75, 3.05) is 0 Å². The lowest BCUT2D eigenvalue weighted by molar-refractivity contribution is -0.303. The molecule has 5 nitrogen and oxygen atoms in total. The van der Waals surface area contributed by atoms with E-state index in [0.717, 1.165) is 6.42 Å². The van der Waals surface area contributed by atoms with Crippen molar-refractivity contribution in [3.63, 3.8) is 0 Å². The molecule has 0 radical (unpaired) electrons. The maximum Gasteiger partial charge on any atom is 0.175 e. The standard InChI is InChI=1S/C20H32O5/c1-9(2)11-13(21)14-16(4)8-19(23)17(11,5)20(14,24)15(25-19)12-10(3)6-7-18(12,16)22/h9-15,21-24H,6-8H2,1-5H3/t10-,11-,12+,13+,14+,15-,16+,17-,18-,19?,20-/m1/s1. The fraction of sp³-hybridized carbons (Fsp3) is 1.00. The second-order valence-corrected chi connectivity index (χ2v) is 10.6. The summed E-state index contributed by atoms with van der Waals surface area (Å²) in [6.45, 7) is 10.1. The Kier molecular flexibility index (Phi) is 2.79. The lowest BCUT2D eigenvalue weighted by Gasteiger charge is -2.64. The van der Waals surface area contributed by atoms with E-state index in [4.69, 9.17) is 4.74 Å². The zero-order valence-electron chi connectivity index (χ0n) is 15.9. The van der Waals surface area contributed by atoms with Gasteiger partial charge < -0.3 is 25.2 Å². The molecule has 5 rings (SSSR count). The molecule has 1 heterocycles. The molecule has 4 aliphatic carbocycles. The van der Waals surface area contributed by atoms with Crippen LogP contribution in [0.25, 0.3) is 0 Å². The number of hydrogen-bond donors (Lipinski definition) is 4. The number of fused-ring (bicyclic) bond motifs is 3. The summed E-state index contributed by atoms with van der Waals surface area (Å²) in [5.74, 6) is -2.14. The van der Waals surface area contributed by atoms with E-state index in [1.165, 1.54) is 0 Å². The number of hydrogen-bond acceptors (Lipinski definition) is 5. The third-order valence-electron chi connectivity index (χ3n) is 9.72. The first-order valence-corrected chi connectivity index (χ1v) is 9.93. The Morgan fingerprint density at radius 2 is 1.76 bits per heavy atom. The van der Waals surface area contributed by atoms with Crippen molar-refractivity contribution in [3.05, 3.63) is 0 Å². The zero-order valence-corrected chi connectivity index (χ0v) is 15.9. The lowest BCUT2D eigenvalue weighted by Crippen LogP contribution is -2.76. The van der Waals surface area contributed by atoms with Gasteiger partial charge in [0.25, 0.3) is 0 Å². The maximum atomic E-state index is 12.1. The molecule has 5 fully saturated rings. The van der Waals surface area contributed by atoms with Gasteiger partial charge in [-0.05, 0) is 24.7 Å². The SMILES string of the molecule is CC(C)[C@@H]1[C@H](O)[C@@H]2[C@@]3(O)[C@@H]4OC(O)(C[C@]2(C)[C@@]2(O)CC[C@@H](C)[C@@H]42)[C@@]13C. The Morgan fingerprint density at radius 3 is 2.36 bits per heavy atom. The fourth-order valence-corrected chi connectivity index (χ4v) is 8.87. The summed E-state index contributed by atoms with van der Waals surface area (Å²) in [4.78, 5) is 0. The van der Waals surface area contributed by atoms with E-state index in [9.17, 15) is 20.4 Å². The molecule has 5 aliphatic rings. The molecule has 0 aromatic carbocycles. The van der Waals surface area contributed by atoms with Gasteiger partial charge in [-0.3, -0.25) is 0 Å². The minimum Gasteiger partial charge on any atom is -0.392 e. The van der Waals surface area contributed by atoms with Gasteiger partial charge in [0, 0.05) is 29.6 Å². The summed E-state index contributed by atoms with van der Waals surface area (Å²) in [5.41, 5.74) is -4.00. The quantitative estimate of drug-likeness (QED) is 0.571. The summed E-state index contributed by atoms with van der Waals surface area (Å²) in [5, 5.41) is 46.9. The first kappa shape index (κ1) is 16.9. The highest BCUT2D eigenvalue weighted by atomic mass is 16.7. The van der Waals surface area contributed by atoms with Gasteiger partial charge in [0.05, 0.1) is 23.2 Å². The van der Waals surface area contributed by atoms with Crippen LogP contribution in [0.1, 0.15) is 53.9 Å². The van der Waals surface area contributed by atoms with Gasteiger partial charge in [-0.25, -0.2) is 0 Å². The van der Waals surface area contributed by atoms with E-state index >= 15 is 0 Å². The number of ether oxygens (including phenoxy) is 1. The maximum absolute atomic E-state index is 12.1. The van der Waals surface area contributed by atoms with Crippen LogP contribution in [0.2, 0.25) is 0 Å². The van der Waals surface area contributed by atoms with Crippen LogP contribution in [0.15, 0.2) is 0 Å². The molecule has 0 spiro atoms. The average Bonchev–Trinajstić information content (AvgIpc) is 2.87. The van der Waals surface area contributed by atoms with E-state index < -0.39 is 45.9 Å². The minimum atomic E-state index is -1.51. The molecule has 1 unspecified atom stereocenters. The summed E-state index contributed by atoms with van der Waals surface area (Å²) in [6, 6.07) is 0. The molecule has 142 valence electrons. The van der Waals surface area contributed by atoms with Crippen molar-refractivity contribution in [2.45, 2.75) is 83.1 Å². The van der Waals surface area contributed by atoms with Gasteiger partial charge in [-0.2, -0.15) is 0 Å². The summed E-state index contributed by atoms with van der Waals surface area (Å²) in [7, 11) is 0. The topological polar surface area (TPSA) is 90.2 Å². The van der Waals surface area contributed by atoms with Gasteiger partial charge in [-0.1, -0.05) is 34.6 Å². The molecular weight excluding hydrogens is 320 g/mol. The lowest BCUT2D eigenvalue weighted by atomic mass is 9.41. The number of aliphatic hydroxyl groups is 4.